The monoisotopic (exact) mass is 291 g/mol. The van der Waals surface area contributed by atoms with Crippen LogP contribution in [0.15, 0.2) is 29.6 Å². The zero-order valence-electron chi connectivity index (χ0n) is 11.5. The second kappa shape index (κ2) is 5.99. The number of halogens is 1. The number of rotatable bonds is 3. The summed E-state index contributed by atoms with van der Waals surface area (Å²) in [5, 5.41) is 6.48. The summed E-state index contributed by atoms with van der Waals surface area (Å²) in [5.41, 5.74) is 1.71. The van der Waals surface area contributed by atoms with Crippen LogP contribution in [0.4, 0.5) is 4.39 Å². The van der Waals surface area contributed by atoms with Crippen LogP contribution in [0.3, 0.4) is 0 Å². The third-order valence-electron chi connectivity index (χ3n) is 3.70. The minimum atomic E-state index is -0.216. The molecule has 1 N–H and O–H groups in total. The molecule has 20 heavy (non-hydrogen) atoms. The van der Waals surface area contributed by atoms with Crippen molar-refractivity contribution in [3.8, 4) is 11.3 Å². The first kappa shape index (κ1) is 13.7. The van der Waals surface area contributed by atoms with Crippen molar-refractivity contribution in [3.63, 3.8) is 0 Å². The molecule has 0 saturated carbocycles. The number of hydrogen-bond donors (Lipinski definition) is 1. The molecule has 0 aliphatic carbocycles. The molecule has 1 aliphatic heterocycles. The molecule has 3 rings (SSSR count). The summed E-state index contributed by atoms with van der Waals surface area (Å²) < 4.78 is 13.3. The third kappa shape index (κ3) is 2.90. The standard InChI is InChI=1S/C15H18FN3S/c1-11(19-7-5-17-6-8-19)15-18-14(10-20-15)12-3-2-4-13(16)9-12/h2-4,9-11,17H,5-8H2,1H3. The van der Waals surface area contributed by atoms with Gasteiger partial charge < -0.3 is 5.32 Å². The summed E-state index contributed by atoms with van der Waals surface area (Å²) in [4.78, 5) is 7.12. The van der Waals surface area contributed by atoms with Crippen LogP contribution in [0, 0.1) is 5.82 Å². The molecule has 2 aromatic rings. The average molecular weight is 291 g/mol. The van der Waals surface area contributed by atoms with Gasteiger partial charge in [0.15, 0.2) is 0 Å². The van der Waals surface area contributed by atoms with Gasteiger partial charge in [-0.15, -0.1) is 11.3 Å². The van der Waals surface area contributed by atoms with E-state index in [0.29, 0.717) is 6.04 Å². The summed E-state index contributed by atoms with van der Waals surface area (Å²) >= 11 is 1.66. The minimum absolute atomic E-state index is 0.216. The fourth-order valence-corrected chi connectivity index (χ4v) is 3.40. The van der Waals surface area contributed by atoms with E-state index in [1.165, 1.54) is 12.1 Å². The number of hydrogen-bond acceptors (Lipinski definition) is 4. The molecule has 0 radical (unpaired) electrons. The Labute approximate surface area is 122 Å². The smallest absolute Gasteiger partial charge is 0.123 e. The minimum Gasteiger partial charge on any atom is -0.314 e. The van der Waals surface area contributed by atoms with E-state index in [2.05, 4.69) is 22.1 Å². The Balaban J connectivity index is 1.79. The molecule has 3 nitrogen and oxygen atoms in total. The van der Waals surface area contributed by atoms with Gasteiger partial charge in [0.05, 0.1) is 11.7 Å². The predicted molar refractivity (Wildman–Crippen MR) is 80.4 cm³/mol. The van der Waals surface area contributed by atoms with Gasteiger partial charge >= 0.3 is 0 Å². The second-order valence-electron chi connectivity index (χ2n) is 5.04. The van der Waals surface area contributed by atoms with E-state index in [1.807, 2.05) is 11.4 Å². The molecule has 2 heterocycles. The molecular weight excluding hydrogens is 273 g/mol. The molecule has 0 bridgehead atoms. The Morgan fingerprint density at radius 1 is 1.35 bits per heavy atom. The van der Waals surface area contributed by atoms with Crippen LogP contribution in [-0.2, 0) is 0 Å². The highest BCUT2D eigenvalue weighted by molar-refractivity contribution is 7.10. The molecule has 0 spiro atoms. The summed E-state index contributed by atoms with van der Waals surface area (Å²) in [6, 6.07) is 6.94. The Morgan fingerprint density at radius 2 is 2.15 bits per heavy atom. The molecule has 1 aromatic carbocycles. The van der Waals surface area contributed by atoms with Crippen LogP contribution in [0.1, 0.15) is 18.0 Å². The third-order valence-corrected chi connectivity index (χ3v) is 4.71. The van der Waals surface area contributed by atoms with E-state index in [9.17, 15) is 4.39 Å². The van der Waals surface area contributed by atoms with Crippen LogP contribution >= 0.6 is 11.3 Å². The van der Waals surface area contributed by atoms with E-state index in [0.717, 1.165) is 42.4 Å². The maximum Gasteiger partial charge on any atom is 0.123 e. The number of benzene rings is 1. The lowest BCUT2D eigenvalue weighted by molar-refractivity contribution is 0.185. The Morgan fingerprint density at radius 3 is 2.90 bits per heavy atom. The summed E-state index contributed by atoms with van der Waals surface area (Å²) in [7, 11) is 0. The molecule has 1 fully saturated rings. The summed E-state index contributed by atoms with van der Waals surface area (Å²) in [6.45, 7) is 6.37. The average Bonchev–Trinajstić information content (AvgIpc) is 2.97. The van der Waals surface area contributed by atoms with E-state index in [-0.39, 0.29) is 5.82 Å². The highest BCUT2D eigenvalue weighted by Crippen LogP contribution is 2.28. The van der Waals surface area contributed by atoms with Gasteiger partial charge in [0.2, 0.25) is 0 Å². The molecule has 1 aromatic heterocycles. The predicted octanol–water partition coefficient (Wildman–Crippen LogP) is 2.92. The first-order chi connectivity index (χ1) is 9.74. The normalized spacial score (nSPS) is 18.1. The van der Waals surface area contributed by atoms with Crippen LogP contribution in [0.25, 0.3) is 11.3 Å². The van der Waals surface area contributed by atoms with Crippen molar-refractivity contribution in [2.24, 2.45) is 0 Å². The molecule has 0 amide bonds. The quantitative estimate of drug-likeness (QED) is 0.942. The van der Waals surface area contributed by atoms with Crippen LogP contribution in [-0.4, -0.2) is 36.1 Å². The zero-order chi connectivity index (χ0) is 13.9. The number of nitrogens with one attached hydrogen (secondary N) is 1. The van der Waals surface area contributed by atoms with Gasteiger partial charge in [-0.3, -0.25) is 4.90 Å². The summed E-state index contributed by atoms with van der Waals surface area (Å²) in [5.74, 6) is -0.216. The lowest BCUT2D eigenvalue weighted by atomic mass is 10.2. The Bertz CT molecular complexity index is 578. The number of piperazine rings is 1. The topological polar surface area (TPSA) is 28.2 Å². The van der Waals surface area contributed by atoms with E-state index >= 15 is 0 Å². The van der Waals surface area contributed by atoms with Gasteiger partial charge in [-0.1, -0.05) is 12.1 Å². The van der Waals surface area contributed by atoms with Crippen LogP contribution in [0.2, 0.25) is 0 Å². The van der Waals surface area contributed by atoms with Crippen LogP contribution < -0.4 is 5.32 Å². The first-order valence-electron chi connectivity index (χ1n) is 6.90. The molecule has 1 saturated heterocycles. The maximum absolute atomic E-state index is 13.3. The summed E-state index contributed by atoms with van der Waals surface area (Å²) in [6.07, 6.45) is 0. The van der Waals surface area contributed by atoms with Crippen molar-refractivity contribution in [2.75, 3.05) is 26.2 Å². The van der Waals surface area contributed by atoms with Crippen molar-refractivity contribution < 1.29 is 4.39 Å². The van der Waals surface area contributed by atoms with E-state index in [1.54, 1.807) is 17.4 Å². The van der Waals surface area contributed by atoms with Crippen molar-refractivity contribution >= 4 is 11.3 Å². The number of aromatic nitrogens is 1. The lowest BCUT2D eigenvalue weighted by Crippen LogP contribution is -2.44. The fourth-order valence-electron chi connectivity index (χ4n) is 2.49. The molecule has 106 valence electrons. The fraction of sp³-hybridized carbons (Fsp3) is 0.400. The Hall–Kier alpha value is -1.30. The molecule has 1 unspecified atom stereocenters. The molecule has 1 atom stereocenters. The van der Waals surface area contributed by atoms with Gasteiger partial charge in [-0.25, -0.2) is 9.37 Å². The lowest BCUT2D eigenvalue weighted by Gasteiger charge is -2.31. The van der Waals surface area contributed by atoms with Gasteiger partial charge in [-0.2, -0.15) is 0 Å². The van der Waals surface area contributed by atoms with Gasteiger partial charge in [0.1, 0.15) is 10.8 Å². The van der Waals surface area contributed by atoms with Crippen molar-refractivity contribution in [1.29, 1.82) is 0 Å². The van der Waals surface area contributed by atoms with Gasteiger partial charge in [0.25, 0.3) is 0 Å². The van der Waals surface area contributed by atoms with Crippen molar-refractivity contribution in [1.82, 2.24) is 15.2 Å². The highest BCUT2D eigenvalue weighted by Gasteiger charge is 2.20. The number of thiazole rings is 1. The largest absolute Gasteiger partial charge is 0.314 e. The molecule has 1 aliphatic rings. The Kier molecular flexibility index (Phi) is 4.10. The van der Waals surface area contributed by atoms with E-state index in [4.69, 9.17) is 0 Å². The SMILES string of the molecule is CC(c1nc(-c2cccc(F)c2)cs1)N1CCNCC1. The van der Waals surface area contributed by atoms with Crippen molar-refractivity contribution in [3.05, 3.63) is 40.5 Å². The van der Waals surface area contributed by atoms with Gasteiger partial charge in [0, 0.05) is 37.1 Å². The highest BCUT2D eigenvalue weighted by atomic mass is 32.1. The van der Waals surface area contributed by atoms with Gasteiger partial charge in [-0.05, 0) is 19.1 Å². The van der Waals surface area contributed by atoms with Crippen LogP contribution in [0.5, 0.6) is 0 Å². The number of nitrogens with zero attached hydrogens (tertiary/aromatic N) is 2. The first-order valence-corrected chi connectivity index (χ1v) is 7.78. The molecule has 5 heteroatoms. The molecular formula is C15H18FN3S. The maximum atomic E-state index is 13.3. The van der Waals surface area contributed by atoms with E-state index < -0.39 is 0 Å². The van der Waals surface area contributed by atoms with Crippen molar-refractivity contribution in [2.45, 2.75) is 13.0 Å². The zero-order valence-corrected chi connectivity index (χ0v) is 12.3. The second-order valence-corrected chi connectivity index (χ2v) is 5.93.